The molecule has 0 atom stereocenters. The van der Waals surface area contributed by atoms with Gasteiger partial charge in [-0.25, -0.2) is 0 Å². The summed E-state index contributed by atoms with van der Waals surface area (Å²) in [6.07, 6.45) is -4.40. The van der Waals surface area contributed by atoms with E-state index in [9.17, 15) is 13.2 Å². The number of halogens is 4. The van der Waals surface area contributed by atoms with E-state index in [0.29, 0.717) is 15.8 Å². The molecule has 18 heavy (non-hydrogen) atoms. The quantitative estimate of drug-likeness (QED) is 0.898. The fraction of sp³-hybridized carbons (Fsp3) is 0.167. The zero-order valence-electron chi connectivity index (χ0n) is 8.96. The first-order chi connectivity index (χ1) is 8.41. The van der Waals surface area contributed by atoms with Gasteiger partial charge in [0, 0.05) is 10.0 Å². The minimum absolute atomic E-state index is 0.275. The molecule has 0 aliphatic heterocycles. The molecule has 1 N–H and O–H groups in total. The highest BCUT2D eigenvalue weighted by Crippen LogP contribution is 2.36. The topological polar surface area (TPSA) is 33.4 Å². The van der Waals surface area contributed by atoms with Gasteiger partial charge < -0.3 is 9.52 Å². The third kappa shape index (κ3) is 2.59. The molecule has 0 saturated carbocycles. The molecule has 0 aliphatic carbocycles. The van der Waals surface area contributed by atoms with Crippen LogP contribution in [0.4, 0.5) is 13.2 Å². The number of aliphatic hydroxyl groups excluding tert-OH is 1. The lowest BCUT2D eigenvalue weighted by Gasteiger charge is -2.09. The van der Waals surface area contributed by atoms with E-state index in [4.69, 9.17) is 9.52 Å². The Bertz CT molecular complexity index is 561. The van der Waals surface area contributed by atoms with Crippen molar-refractivity contribution in [2.75, 3.05) is 0 Å². The van der Waals surface area contributed by atoms with Crippen LogP contribution < -0.4 is 0 Å². The lowest BCUT2D eigenvalue weighted by atomic mass is 10.1. The Hall–Kier alpha value is -1.27. The van der Waals surface area contributed by atoms with Crippen LogP contribution in [-0.4, -0.2) is 5.11 Å². The predicted octanol–water partition coefficient (Wildman–Crippen LogP) is 4.22. The van der Waals surface area contributed by atoms with Crippen LogP contribution in [0.15, 0.2) is 39.2 Å². The van der Waals surface area contributed by atoms with E-state index >= 15 is 0 Å². The van der Waals surface area contributed by atoms with Crippen LogP contribution in [0.1, 0.15) is 11.3 Å². The second kappa shape index (κ2) is 4.78. The van der Waals surface area contributed by atoms with Gasteiger partial charge in [0.25, 0.3) is 0 Å². The predicted molar refractivity (Wildman–Crippen MR) is 62.8 cm³/mol. The van der Waals surface area contributed by atoms with Crippen LogP contribution in [0.3, 0.4) is 0 Å². The number of hydrogen-bond donors (Lipinski definition) is 1. The second-order valence-corrected chi connectivity index (χ2v) is 4.47. The number of alkyl halides is 3. The van der Waals surface area contributed by atoms with Crippen molar-refractivity contribution >= 4 is 15.9 Å². The Morgan fingerprint density at radius 1 is 1.17 bits per heavy atom. The van der Waals surface area contributed by atoms with E-state index in [1.807, 2.05) is 0 Å². The summed E-state index contributed by atoms with van der Waals surface area (Å²) in [5.41, 5.74) is -0.452. The van der Waals surface area contributed by atoms with Crippen LogP contribution in [0.5, 0.6) is 0 Å². The molecule has 0 amide bonds. The molecule has 1 heterocycles. The minimum Gasteiger partial charge on any atom is -0.459 e. The molecule has 6 heteroatoms. The first kappa shape index (κ1) is 13.2. The van der Waals surface area contributed by atoms with Gasteiger partial charge in [0.1, 0.15) is 18.1 Å². The van der Waals surface area contributed by atoms with E-state index in [1.165, 1.54) is 18.2 Å². The molecule has 1 aromatic carbocycles. The third-order valence-electron chi connectivity index (χ3n) is 2.38. The highest BCUT2D eigenvalue weighted by Gasteiger charge is 2.31. The lowest BCUT2D eigenvalue weighted by Crippen LogP contribution is -2.04. The summed E-state index contributed by atoms with van der Waals surface area (Å²) >= 11 is 3.18. The molecule has 0 bridgehead atoms. The third-order valence-corrected chi connectivity index (χ3v) is 3.07. The first-order valence-electron chi connectivity index (χ1n) is 4.98. The van der Waals surface area contributed by atoms with Gasteiger partial charge in [-0.2, -0.15) is 13.2 Å². The Kier molecular flexibility index (Phi) is 3.49. The zero-order chi connectivity index (χ0) is 13.3. The molecular weight excluding hydrogens is 313 g/mol. The highest BCUT2D eigenvalue weighted by molar-refractivity contribution is 9.10. The maximum atomic E-state index is 12.6. The van der Waals surface area contributed by atoms with Crippen LogP contribution in [0.2, 0.25) is 0 Å². The molecule has 2 rings (SSSR count). The van der Waals surface area contributed by atoms with Gasteiger partial charge in [-0.15, -0.1) is 0 Å². The number of furan rings is 1. The van der Waals surface area contributed by atoms with Gasteiger partial charge in [-0.3, -0.25) is 0 Å². The maximum Gasteiger partial charge on any atom is 0.416 e. The van der Waals surface area contributed by atoms with Gasteiger partial charge in [0.2, 0.25) is 0 Å². The zero-order valence-corrected chi connectivity index (χ0v) is 10.5. The summed E-state index contributed by atoms with van der Waals surface area (Å²) in [4.78, 5) is 0. The van der Waals surface area contributed by atoms with E-state index in [0.717, 1.165) is 12.1 Å². The molecule has 0 aliphatic rings. The van der Waals surface area contributed by atoms with Crippen LogP contribution in [-0.2, 0) is 12.8 Å². The molecule has 0 spiro atoms. The number of rotatable bonds is 2. The van der Waals surface area contributed by atoms with E-state index in [-0.39, 0.29) is 12.4 Å². The molecule has 0 saturated heterocycles. The van der Waals surface area contributed by atoms with E-state index in [2.05, 4.69) is 15.9 Å². The van der Waals surface area contributed by atoms with Gasteiger partial charge >= 0.3 is 6.18 Å². The van der Waals surface area contributed by atoms with Crippen molar-refractivity contribution in [1.29, 1.82) is 0 Å². The van der Waals surface area contributed by atoms with E-state index < -0.39 is 11.7 Å². The molecule has 1 aromatic heterocycles. The van der Waals surface area contributed by atoms with Crippen molar-refractivity contribution in [3.05, 3.63) is 46.1 Å². The highest BCUT2D eigenvalue weighted by atomic mass is 79.9. The molecular formula is C12H8BrF3O2. The summed E-state index contributed by atoms with van der Waals surface area (Å²) in [7, 11) is 0. The summed E-state index contributed by atoms with van der Waals surface area (Å²) in [5, 5.41) is 8.87. The lowest BCUT2D eigenvalue weighted by molar-refractivity contribution is -0.137. The minimum atomic E-state index is -4.40. The van der Waals surface area contributed by atoms with Gasteiger partial charge in [0.15, 0.2) is 0 Å². The number of benzene rings is 1. The average Bonchev–Trinajstić information content (AvgIpc) is 2.76. The molecule has 0 radical (unpaired) electrons. The van der Waals surface area contributed by atoms with Gasteiger partial charge in [-0.1, -0.05) is 15.9 Å². The fourth-order valence-corrected chi connectivity index (χ4v) is 1.94. The molecule has 96 valence electrons. The van der Waals surface area contributed by atoms with Crippen molar-refractivity contribution in [2.24, 2.45) is 0 Å². The first-order valence-corrected chi connectivity index (χ1v) is 5.78. The second-order valence-electron chi connectivity index (χ2n) is 3.62. The van der Waals surface area contributed by atoms with Crippen LogP contribution in [0.25, 0.3) is 11.3 Å². The molecule has 0 unspecified atom stereocenters. The van der Waals surface area contributed by atoms with Crippen molar-refractivity contribution in [3.8, 4) is 11.3 Å². The maximum absolute atomic E-state index is 12.6. The largest absolute Gasteiger partial charge is 0.459 e. The van der Waals surface area contributed by atoms with Crippen LogP contribution >= 0.6 is 15.9 Å². The normalized spacial score (nSPS) is 11.8. The summed E-state index contributed by atoms with van der Waals surface area (Å²) in [6, 6.07) is 6.35. The summed E-state index contributed by atoms with van der Waals surface area (Å²) < 4.78 is 43.5. The van der Waals surface area contributed by atoms with Crippen molar-refractivity contribution in [1.82, 2.24) is 0 Å². The molecule has 0 fully saturated rings. The standard InChI is InChI=1S/C12H8BrF3O2/c13-10-3-1-7(12(14,15)16)5-9(10)11-4-2-8(6-17)18-11/h1-5,17H,6H2. The Labute approximate surface area is 109 Å². The Balaban J connectivity index is 2.49. The number of aliphatic hydroxyl groups is 1. The summed E-state index contributed by atoms with van der Waals surface area (Å²) in [6.45, 7) is -0.295. The average molecular weight is 321 g/mol. The number of hydrogen-bond acceptors (Lipinski definition) is 2. The fourth-order valence-electron chi connectivity index (χ4n) is 1.50. The monoisotopic (exact) mass is 320 g/mol. The van der Waals surface area contributed by atoms with Crippen molar-refractivity contribution in [3.63, 3.8) is 0 Å². The Morgan fingerprint density at radius 3 is 2.44 bits per heavy atom. The Morgan fingerprint density at radius 2 is 1.89 bits per heavy atom. The molecule has 2 nitrogen and oxygen atoms in total. The van der Waals surface area contributed by atoms with Crippen molar-refractivity contribution in [2.45, 2.75) is 12.8 Å². The van der Waals surface area contributed by atoms with Crippen LogP contribution in [0, 0.1) is 0 Å². The van der Waals surface area contributed by atoms with E-state index in [1.54, 1.807) is 0 Å². The van der Waals surface area contributed by atoms with Gasteiger partial charge in [-0.05, 0) is 30.3 Å². The summed E-state index contributed by atoms with van der Waals surface area (Å²) in [5.74, 6) is 0.575. The smallest absolute Gasteiger partial charge is 0.416 e. The van der Waals surface area contributed by atoms with Crippen molar-refractivity contribution < 1.29 is 22.7 Å². The van der Waals surface area contributed by atoms with Gasteiger partial charge in [0.05, 0.1) is 5.56 Å². The molecule has 2 aromatic rings. The SMILES string of the molecule is OCc1ccc(-c2cc(C(F)(F)F)ccc2Br)o1.